The molecule has 0 unspecified atom stereocenters. The second-order valence-electron chi connectivity index (χ2n) is 13.2. The van der Waals surface area contributed by atoms with Gasteiger partial charge in [0.2, 0.25) is 0 Å². The topological polar surface area (TPSA) is 14.8 Å². The number of nitrogens with zero attached hydrogens (tertiary/aromatic N) is 3. The lowest BCUT2D eigenvalue weighted by atomic mass is 10.1. The van der Waals surface area contributed by atoms with Crippen LogP contribution in [-0.4, -0.2) is 13.7 Å². The van der Waals surface area contributed by atoms with E-state index >= 15 is 0 Å². The quantitative estimate of drug-likeness (QED) is 0.174. The van der Waals surface area contributed by atoms with E-state index in [1.54, 1.807) is 0 Å². The first kappa shape index (κ1) is 28.0. The standard InChI is InChI=1S/C46H35N3/c1-2-3-12-31-21-23-32(24-22-31)47-45-27-25-33(48-41-17-8-4-13-35(41)36-14-5-9-18-42(36)48)29-39(45)40-30-34(26-28-46(40)47)49-43-19-10-6-15-37(43)38-16-7-11-20-44(38)49/h4-11,13-30H,2-3,12H2,1H3. The lowest BCUT2D eigenvalue weighted by Gasteiger charge is -2.11. The zero-order valence-electron chi connectivity index (χ0n) is 27.5. The number of aryl methyl sites for hydroxylation is 1. The van der Waals surface area contributed by atoms with Crippen molar-refractivity contribution < 1.29 is 0 Å². The molecule has 0 saturated carbocycles. The maximum absolute atomic E-state index is 2.44. The molecule has 0 aliphatic carbocycles. The minimum atomic E-state index is 1.12. The van der Waals surface area contributed by atoms with Crippen molar-refractivity contribution >= 4 is 65.4 Å². The predicted molar refractivity (Wildman–Crippen MR) is 208 cm³/mol. The van der Waals surface area contributed by atoms with Crippen molar-refractivity contribution in [1.82, 2.24) is 13.7 Å². The molecule has 3 aromatic heterocycles. The van der Waals surface area contributed by atoms with E-state index in [9.17, 15) is 0 Å². The van der Waals surface area contributed by atoms with Crippen molar-refractivity contribution in [2.24, 2.45) is 0 Å². The molecule has 10 rings (SSSR count). The van der Waals surface area contributed by atoms with Gasteiger partial charge >= 0.3 is 0 Å². The second-order valence-corrected chi connectivity index (χ2v) is 13.2. The third-order valence-corrected chi connectivity index (χ3v) is 10.4. The van der Waals surface area contributed by atoms with Crippen molar-refractivity contribution in [3.8, 4) is 17.1 Å². The van der Waals surface area contributed by atoms with Crippen molar-refractivity contribution in [2.45, 2.75) is 26.2 Å². The number of rotatable bonds is 6. The molecular weight excluding hydrogens is 595 g/mol. The van der Waals surface area contributed by atoms with Gasteiger partial charge in [-0.2, -0.15) is 0 Å². The molecule has 0 saturated heterocycles. The molecule has 0 N–H and O–H groups in total. The molecule has 0 aliphatic rings. The summed E-state index contributed by atoms with van der Waals surface area (Å²) in [5.41, 5.74) is 12.2. The fraction of sp³-hybridized carbons (Fsp3) is 0.0870. The molecule has 0 spiro atoms. The first-order chi connectivity index (χ1) is 24.3. The summed E-state index contributed by atoms with van der Waals surface area (Å²) in [7, 11) is 0. The summed E-state index contributed by atoms with van der Waals surface area (Å²) in [6.07, 6.45) is 3.54. The van der Waals surface area contributed by atoms with Crippen LogP contribution in [0.15, 0.2) is 158 Å². The van der Waals surface area contributed by atoms with Crippen molar-refractivity contribution in [1.29, 1.82) is 0 Å². The van der Waals surface area contributed by atoms with Gasteiger partial charge in [0.05, 0.1) is 33.1 Å². The maximum Gasteiger partial charge on any atom is 0.0542 e. The van der Waals surface area contributed by atoms with Gasteiger partial charge in [-0.05, 0) is 91.2 Å². The Morgan fingerprint density at radius 3 is 1.10 bits per heavy atom. The van der Waals surface area contributed by atoms with Gasteiger partial charge in [0.15, 0.2) is 0 Å². The molecule has 0 amide bonds. The molecule has 234 valence electrons. The van der Waals surface area contributed by atoms with Crippen molar-refractivity contribution in [3.05, 3.63) is 163 Å². The third-order valence-electron chi connectivity index (χ3n) is 10.4. The third kappa shape index (κ3) is 4.22. The van der Waals surface area contributed by atoms with E-state index in [4.69, 9.17) is 0 Å². The smallest absolute Gasteiger partial charge is 0.0542 e. The molecule has 49 heavy (non-hydrogen) atoms. The van der Waals surface area contributed by atoms with E-state index in [0.717, 1.165) is 6.42 Å². The number of benzene rings is 7. The Morgan fingerprint density at radius 1 is 0.347 bits per heavy atom. The first-order valence-corrected chi connectivity index (χ1v) is 17.4. The summed E-state index contributed by atoms with van der Waals surface area (Å²) >= 11 is 0. The number of aromatic nitrogens is 3. The lowest BCUT2D eigenvalue weighted by Crippen LogP contribution is -1.97. The van der Waals surface area contributed by atoms with Crippen molar-refractivity contribution in [3.63, 3.8) is 0 Å². The van der Waals surface area contributed by atoms with E-state index in [1.165, 1.54) is 101 Å². The van der Waals surface area contributed by atoms with E-state index in [0.29, 0.717) is 0 Å². The van der Waals surface area contributed by atoms with Crippen LogP contribution in [0.1, 0.15) is 25.3 Å². The molecule has 10 aromatic rings. The number of unbranched alkanes of at least 4 members (excludes halogenated alkanes) is 1. The van der Waals surface area contributed by atoms with Crippen LogP contribution in [0.5, 0.6) is 0 Å². The summed E-state index contributed by atoms with van der Waals surface area (Å²) in [5, 5.41) is 7.59. The van der Waals surface area contributed by atoms with Crippen molar-refractivity contribution in [2.75, 3.05) is 0 Å². The van der Waals surface area contributed by atoms with E-state index in [2.05, 4.69) is 178 Å². The summed E-state index contributed by atoms with van der Waals surface area (Å²) in [6.45, 7) is 2.26. The molecule has 0 aliphatic heterocycles. The van der Waals surface area contributed by atoms with E-state index in [-0.39, 0.29) is 0 Å². The number of hydrogen-bond donors (Lipinski definition) is 0. The SMILES string of the molecule is CCCCc1ccc(-n2c3ccc(-n4c5ccccc5c5ccccc54)cc3c3cc(-n4c5ccccc5c5ccccc54)ccc32)cc1. The molecular formula is C46H35N3. The Balaban J connectivity index is 1.26. The zero-order valence-corrected chi connectivity index (χ0v) is 27.5. The number of hydrogen-bond acceptors (Lipinski definition) is 0. The van der Waals surface area contributed by atoms with Gasteiger partial charge in [-0.15, -0.1) is 0 Å². The molecule has 0 fully saturated rings. The largest absolute Gasteiger partial charge is 0.309 e. The van der Waals surface area contributed by atoms with Crippen LogP contribution in [0.3, 0.4) is 0 Å². The highest BCUT2D eigenvalue weighted by atomic mass is 15.0. The van der Waals surface area contributed by atoms with E-state index < -0.39 is 0 Å². The maximum atomic E-state index is 2.44. The van der Waals surface area contributed by atoms with E-state index in [1.807, 2.05) is 0 Å². The molecule has 3 heterocycles. The number of para-hydroxylation sites is 4. The van der Waals surface area contributed by atoms with Crippen LogP contribution in [0.2, 0.25) is 0 Å². The molecule has 3 nitrogen and oxygen atoms in total. The Kier molecular flexibility index (Phi) is 6.29. The minimum absolute atomic E-state index is 1.12. The highest BCUT2D eigenvalue weighted by molar-refractivity contribution is 6.14. The summed E-state index contributed by atoms with van der Waals surface area (Å²) in [6, 6.07) is 58.3. The fourth-order valence-corrected chi connectivity index (χ4v) is 8.15. The summed E-state index contributed by atoms with van der Waals surface area (Å²) in [4.78, 5) is 0. The van der Waals surface area contributed by atoms with Gasteiger partial charge in [-0.3, -0.25) is 0 Å². The second kappa shape index (κ2) is 11.0. The molecule has 7 aromatic carbocycles. The monoisotopic (exact) mass is 629 g/mol. The highest BCUT2D eigenvalue weighted by Gasteiger charge is 2.18. The Hall–Kier alpha value is -6.06. The molecule has 0 atom stereocenters. The summed E-state index contributed by atoms with van der Waals surface area (Å²) < 4.78 is 7.29. The minimum Gasteiger partial charge on any atom is -0.309 e. The van der Waals surface area contributed by atoms with Crippen LogP contribution in [0.4, 0.5) is 0 Å². The lowest BCUT2D eigenvalue weighted by molar-refractivity contribution is 0.795. The first-order valence-electron chi connectivity index (χ1n) is 17.4. The average molecular weight is 630 g/mol. The van der Waals surface area contributed by atoms with Crippen LogP contribution in [0.25, 0.3) is 82.5 Å². The van der Waals surface area contributed by atoms with Crippen LogP contribution in [0, 0.1) is 0 Å². The van der Waals surface area contributed by atoms with Gasteiger partial charge in [0.1, 0.15) is 0 Å². The average Bonchev–Trinajstić information content (AvgIpc) is 3.79. The Labute approximate surface area is 284 Å². The highest BCUT2D eigenvalue weighted by Crippen LogP contribution is 2.39. The van der Waals surface area contributed by atoms with Gasteiger partial charge in [-0.1, -0.05) is 98.3 Å². The van der Waals surface area contributed by atoms with Crippen LogP contribution in [-0.2, 0) is 6.42 Å². The normalized spacial score (nSPS) is 12.0. The van der Waals surface area contributed by atoms with Gasteiger partial charge in [0.25, 0.3) is 0 Å². The number of fused-ring (bicyclic) bond motifs is 9. The fourth-order valence-electron chi connectivity index (χ4n) is 8.15. The molecule has 0 bridgehead atoms. The Bertz CT molecular complexity index is 2580. The van der Waals surface area contributed by atoms with Gasteiger partial charge in [0, 0.05) is 49.4 Å². The predicted octanol–water partition coefficient (Wildman–Crippen LogP) is 12.3. The van der Waals surface area contributed by atoms with Gasteiger partial charge < -0.3 is 13.7 Å². The zero-order chi connectivity index (χ0) is 32.5. The van der Waals surface area contributed by atoms with Crippen LogP contribution < -0.4 is 0 Å². The molecule has 0 radical (unpaired) electrons. The van der Waals surface area contributed by atoms with Gasteiger partial charge in [-0.25, -0.2) is 0 Å². The molecule has 3 heteroatoms. The van der Waals surface area contributed by atoms with Crippen LogP contribution >= 0.6 is 0 Å². The Morgan fingerprint density at radius 2 is 0.694 bits per heavy atom. The summed E-state index contributed by atoms with van der Waals surface area (Å²) in [5.74, 6) is 0.